The van der Waals surface area contributed by atoms with E-state index in [2.05, 4.69) is 10.1 Å². The van der Waals surface area contributed by atoms with E-state index in [0.717, 1.165) is 17.0 Å². The summed E-state index contributed by atoms with van der Waals surface area (Å²) in [5, 5.41) is 2.40. The van der Waals surface area contributed by atoms with Crippen molar-refractivity contribution in [1.29, 1.82) is 0 Å². The van der Waals surface area contributed by atoms with E-state index in [0.29, 0.717) is 13.0 Å². The van der Waals surface area contributed by atoms with Gasteiger partial charge in [-0.25, -0.2) is 4.79 Å². The molecule has 1 aliphatic rings. The van der Waals surface area contributed by atoms with Crippen molar-refractivity contribution in [2.75, 3.05) is 25.6 Å². The molecule has 1 unspecified atom stereocenters. The molecule has 1 aliphatic heterocycles. The third-order valence-electron chi connectivity index (χ3n) is 4.95. The zero-order valence-electron chi connectivity index (χ0n) is 18.7. The molecule has 12 heteroatoms. The fourth-order valence-electron chi connectivity index (χ4n) is 3.25. The van der Waals surface area contributed by atoms with Gasteiger partial charge in [0, 0.05) is 25.9 Å². The van der Waals surface area contributed by atoms with Crippen molar-refractivity contribution in [2.45, 2.75) is 25.8 Å². The Bertz CT molecular complexity index is 1130. The maximum absolute atomic E-state index is 12.6. The van der Waals surface area contributed by atoms with E-state index >= 15 is 0 Å². The molecule has 0 aliphatic carbocycles. The fourth-order valence-corrected chi connectivity index (χ4v) is 3.25. The number of amides is 3. The summed E-state index contributed by atoms with van der Waals surface area (Å²) in [5.41, 5.74) is 0.340. The Morgan fingerprint density at radius 3 is 2.31 bits per heavy atom. The van der Waals surface area contributed by atoms with Crippen LogP contribution in [0.2, 0.25) is 0 Å². The number of rotatable bonds is 9. The second kappa shape index (κ2) is 10.6. The molecular weight excluding hydrogens is 473 g/mol. The molecule has 3 rings (SSSR count). The first-order valence-corrected chi connectivity index (χ1v) is 10.4. The van der Waals surface area contributed by atoms with Crippen LogP contribution >= 0.6 is 0 Å². The molecular formula is C23H21F3N2O7. The van der Waals surface area contributed by atoms with Crippen LogP contribution < -0.4 is 10.1 Å². The summed E-state index contributed by atoms with van der Waals surface area (Å²) in [6.07, 6.45) is -5.66. The number of imide groups is 1. The second-order valence-corrected chi connectivity index (χ2v) is 7.48. The Hall–Kier alpha value is -3.93. The zero-order valence-corrected chi connectivity index (χ0v) is 18.7. The Morgan fingerprint density at radius 2 is 1.69 bits per heavy atom. The zero-order chi connectivity index (χ0) is 25.8. The van der Waals surface area contributed by atoms with Crippen molar-refractivity contribution in [3.8, 4) is 5.75 Å². The molecule has 1 atom stereocenters. The van der Waals surface area contributed by atoms with Gasteiger partial charge in [0.2, 0.25) is 0 Å². The Balaban J connectivity index is 1.61. The average Bonchev–Trinajstić information content (AvgIpc) is 3.03. The third kappa shape index (κ3) is 6.35. The van der Waals surface area contributed by atoms with Crippen LogP contribution in [-0.2, 0) is 14.3 Å². The van der Waals surface area contributed by atoms with Crippen LogP contribution in [0, 0.1) is 0 Å². The molecule has 1 N–H and O–H groups in total. The SMILES string of the molecule is COCCCN1C(=O)c2ccc(C(=O)OC(C)C(=O)Nc3ccc(OC(F)(F)F)cc3)cc2C1=O. The number of carbonyl (C=O) groups is 4. The highest BCUT2D eigenvalue weighted by Crippen LogP contribution is 2.26. The monoisotopic (exact) mass is 494 g/mol. The van der Waals surface area contributed by atoms with E-state index in [1.54, 1.807) is 0 Å². The van der Waals surface area contributed by atoms with Crippen LogP contribution in [0.5, 0.6) is 5.75 Å². The summed E-state index contributed by atoms with van der Waals surface area (Å²) in [7, 11) is 1.50. The van der Waals surface area contributed by atoms with Gasteiger partial charge in [-0.3, -0.25) is 19.3 Å². The van der Waals surface area contributed by atoms with Gasteiger partial charge in [0.25, 0.3) is 17.7 Å². The van der Waals surface area contributed by atoms with Crippen LogP contribution in [0.25, 0.3) is 0 Å². The van der Waals surface area contributed by atoms with E-state index in [1.807, 2.05) is 0 Å². The minimum atomic E-state index is -4.84. The van der Waals surface area contributed by atoms with Gasteiger partial charge >= 0.3 is 12.3 Å². The number of fused-ring (bicyclic) bond motifs is 1. The Labute approximate surface area is 197 Å². The lowest BCUT2D eigenvalue weighted by Gasteiger charge is -2.14. The smallest absolute Gasteiger partial charge is 0.449 e. The van der Waals surface area contributed by atoms with E-state index in [1.165, 1.54) is 44.4 Å². The molecule has 2 aromatic carbocycles. The lowest BCUT2D eigenvalue weighted by molar-refractivity contribution is -0.274. The number of anilines is 1. The minimum Gasteiger partial charge on any atom is -0.449 e. The molecule has 9 nitrogen and oxygen atoms in total. The molecule has 0 aromatic heterocycles. The quantitative estimate of drug-likeness (QED) is 0.323. The van der Waals surface area contributed by atoms with Crippen molar-refractivity contribution in [3.05, 3.63) is 59.2 Å². The van der Waals surface area contributed by atoms with Gasteiger partial charge in [0.15, 0.2) is 6.10 Å². The molecule has 0 radical (unpaired) electrons. The topological polar surface area (TPSA) is 111 Å². The van der Waals surface area contributed by atoms with Gasteiger partial charge in [0.1, 0.15) is 5.75 Å². The van der Waals surface area contributed by atoms with E-state index < -0.39 is 41.9 Å². The lowest BCUT2D eigenvalue weighted by Crippen LogP contribution is -2.31. The fraction of sp³-hybridized carbons (Fsp3) is 0.304. The molecule has 3 amide bonds. The number of carbonyl (C=O) groups excluding carboxylic acids is 4. The number of benzene rings is 2. The standard InChI is InChI=1S/C23H21F3N2O7/c1-13(19(29)27-15-5-7-16(8-6-15)35-23(24,25)26)34-22(32)14-4-9-17-18(12-14)21(31)28(20(17)30)10-3-11-33-2/h4-9,12-13H,3,10-11H2,1-2H3,(H,27,29). The highest BCUT2D eigenvalue weighted by Gasteiger charge is 2.36. The van der Waals surface area contributed by atoms with Gasteiger partial charge in [-0.05, 0) is 55.8 Å². The molecule has 186 valence electrons. The minimum absolute atomic E-state index is 0.0306. The third-order valence-corrected chi connectivity index (χ3v) is 4.95. The Morgan fingerprint density at radius 1 is 1.03 bits per heavy atom. The molecule has 0 bridgehead atoms. The highest BCUT2D eigenvalue weighted by molar-refractivity contribution is 6.22. The summed E-state index contributed by atoms with van der Waals surface area (Å²) in [4.78, 5) is 50.9. The van der Waals surface area contributed by atoms with Crippen molar-refractivity contribution in [1.82, 2.24) is 4.90 Å². The van der Waals surface area contributed by atoms with Gasteiger partial charge in [0.05, 0.1) is 16.7 Å². The number of methoxy groups -OCH3 is 1. The molecule has 0 spiro atoms. The van der Waals surface area contributed by atoms with Crippen molar-refractivity contribution >= 4 is 29.4 Å². The molecule has 0 saturated carbocycles. The van der Waals surface area contributed by atoms with Gasteiger partial charge < -0.3 is 19.5 Å². The maximum atomic E-state index is 12.6. The first kappa shape index (κ1) is 25.7. The van der Waals surface area contributed by atoms with Crippen molar-refractivity contribution < 1.29 is 46.6 Å². The number of halogens is 3. The number of nitrogens with zero attached hydrogens (tertiary/aromatic N) is 1. The van der Waals surface area contributed by atoms with E-state index in [-0.39, 0.29) is 28.9 Å². The number of ether oxygens (including phenoxy) is 3. The van der Waals surface area contributed by atoms with Crippen LogP contribution in [0.15, 0.2) is 42.5 Å². The number of alkyl halides is 3. The van der Waals surface area contributed by atoms with Crippen molar-refractivity contribution in [3.63, 3.8) is 0 Å². The molecule has 35 heavy (non-hydrogen) atoms. The van der Waals surface area contributed by atoms with Gasteiger partial charge in [-0.2, -0.15) is 0 Å². The second-order valence-electron chi connectivity index (χ2n) is 7.48. The largest absolute Gasteiger partial charge is 0.573 e. The van der Waals surface area contributed by atoms with Crippen LogP contribution in [0.3, 0.4) is 0 Å². The van der Waals surface area contributed by atoms with Crippen LogP contribution in [0.4, 0.5) is 18.9 Å². The summed E-state index contributed by atoms with van der Waals surface area (Å²) >= 11 is 0. The normalized spacial score (nSPS) is 13.9. The first-order valence-electron chi connectivity index (χ1n) is 10.4. The predicted molar refractivity (Wildman–Crippen MR) is 115 cm³/mol. The summed E-state index contributed by atoms with van der Waals surface area (Å²) in [6, 6.07) is 8.30. The average molecular weight is 494 g/mol. The molecule has 1 heterocycles. The summed E-state index contributed by atoms with van der Waals surface area (Å²) in [5.74, 6) is -3.11. The van der Waals surface area contributed by atoms with Gasteiger partial charge in [-0.1, -0.05) is 0 Å². The van der Waals surface area contributed by atoms with Crippen molar-refractivity contribution in [2.24, 2.45) is 0 Å². The number of hydrogen-bond donors (Lipinski definition) is 1. The van der Waals surface area contributed by atoms with E-state index in [4.69, 9.17) is 9.47 Å². The highest BCUT2D eigenvalue weighted by atomic mass is 19.4. The van der Waals surface area contributed by atoms with Crippen LogP contribution in [-0.4, -0.2) is 61.3 Å². The van der Waals surface area contributed by atoms with E-state index in [9.17, 15) is 32.3 Å². The maximum Gasteiger partial charge on any atom is 0.573 e. The number of nitrogens with one attached hydrogen (secondary N) is 1. The first-order chi connectivity index (χ1) is 16.5. The number of esters is 1. The molecule has 2 aromatic rings. The van der Waals surface area contributed by atoms with Gasteiger partial charge in [-0.15, -0.1) is 13.2 Å². The summed E-state index contributed by atoms with van der Waals surface area (Å²) in [6.45, 7) is 1.84. The summed E-state index contributed by atoms with van der Waals surface area (Å²) < 4.78 is 50.5. The molecule has 0 fully saturated rings. The molecule has 0 saturated heterocycles. The predicted octanol–water partition coefficient (Wildman–Crippen LogP) is 3.40. The lowest BCUT2D eigenvalue weighted by atomic mass is 10.1. The Kier molecular flexibility index (Phi) is 7.75. The van der Waals surface area contributed by atoms with Crippen LogP contribution in [0.1, 0.15) is 44.4 Å². The number of hydrogen-bond acceptors (Lipinski definition) is 7.